The molecule has 1 aromatic carbocycles. The first kappa shape index (κ1) is 16.5. The standard InChI is InChI=1S/C14H18F3NO2/c1-10(2)18(9-14(15,16)17)12(8-13(19)20)11-6-4-3-5-7-11/h3-7,10,12H,8-9H2,1-2H3,(H,19,20). The molecule has 0 saturated carbocycles. The Balaban J connectivity index is 3.08. The van der Waals surface area contributed by atoms with E-state index in [2.05, 4.69) is 0 Å². The molecule has 1 rings (SSSR count). The van der Waals surface area contributed by atoms with Crippen molar-refractivity contribution >= 4 is 5.97 Å². The molecule has 112 valence electrons. The quantitative estimate of drug-likeness (QED) is 0.871. The van der Waals surface area contributed by atoms with Gasteiger partial charge in [-0.3, -0.25) is 9.69 Å². The molecule has 0 bridgehead atoms. The average Bonchev–Trinajstić information content (AvgIpc) is 2.33. The van der Waals surface area contributed by atoms with Gasteiger partial charge in [-0.05, 0) is 19.4 Å². The van der Waals surface area contributed by atoms with Crippen LogP contribution in [0.15, 0.2) is 30.3 Å². The van der Waals surface area contributed by atoms with Crippen molar-refractivity contribution in [3.8, 4) is 0 Å². The van der Waals surface area contributed by atoms with E-state index >= 15 is 0 Å². The molecule has 6 heteroatoms. The van der Waals surface area contributed by atoms with Gasteiger partial charge in [0, 0.05) is 12.1 Å². The van der Waals surface area contributed by atoms with Crippen molar-refractivity contribution < 1.29 is 23.1 Å². The first-order valence-corrected chi connectivity index (χ1v) is 6.30. The number of halogens is 3. The van der Waals surface area contributed by atoms with E-state index in [0.717, 1.165) is 0 Å². The molecule has 0 aromatic heterocycles. The molecule has 0 amide bonds. The number of rotatable bonds is 6. The summed E-state index contributed by atoms with van der Waals surface area (Å²) in [6.07, 6.45) is -4.73. The Bertz CT molecular complexity index is 432. The highest BCUT2D eigenvalue weighted by Crippen LogP contribution is 2.30. The van der Waals surface area contributed by atoms with E-state index in [1.807, 2.05) is 0 Å². The van der Waals surface area contributed by atoms with Crippen LogP contribution in [-0.2, 0) is 4.79 Å². The zero-order valence-corrected chi connectivity index (χ0v) is 11.4. The molecule has 1 unspecified atom stereocenters. The molecule has 1 atom stereocenters. The highest BCUT2D eigenvalue weighted by molar-refractivity contribution is 5.68. The summed E-state index contributed by atoms with van der Waals surface area (Å²) in [4.78, 5) is 12.1. The number of benzene rings is 1. The van der Waals surface area contributed by atoms with Crippen LogP contribution in [0.5, 0.6) is 0 Å². The summed E-state index contributed by atoms with van der Waals surface area (Å²) in [5.41, 5.74) is 0.577. The molecule has 3 nitrogen and oxygen atoms in total. The third-order valence-electron chi connectivity index (χ3n) is 2.98. The molecule has 1 N–H and O–H groups in total. The lowest BCUT2D eigenvalue weighted by molar-refractivity contribution is -0.159. The van der Waals surface area contributed by atoms with Crippen molar-refractivity contribution in [2.45, 2.75) is 38.5 Å². The summed E-state index contributed by atoms with van der Waals surface area (Å²) < 4.78 is 38.1. The Labute approximate surface area is 116 Å². The number of carboxylic acids is 1. The van der Waals surface area contributed by atoms with E-state index in [1.165, 1.54) is 4.90 Å². The van der Waals surface area contributed by atoms with Gasteiger partial charge in [0.2, 0.25) is 0 Å². The van der Waals surface area contributed by atoms with E-state index < -0.39 is 30.8 Å². The number of carboxylic acid groups (broad SMARTS) is 1. The third kappa shape index (κ3) is 5.21. The van der Waals surface area contributed by atoms with Crippen LogP contribution < -0.4 is 0 Å². The number of alkyl halides is 3. The van der Waals surface area contributed by atoms with E-state index in [0.29, 0.717) is 5.56 Å². The lowest BCUT2D eigenvalue weighted by Gasteiger charge is -2.35. The second kappa shape index (κ2) is 6.74. The SMILES string of the molecule is CC(C)N(CC(F)(F)F)C(CC(=O)O)c1ccccc1. The molecule has 0 spiro atoms. The fourth-order valence-electron chi connectivity index (χ4n) is 2.13. The number of carbonyl (C=O) groups is 1. The maximum absolute atomic E-state index is 12.7. The van der Waals surface area contributed by atoms with Crippen LogP contribution in [0.25, 0.3) is 0 Å². The minimum absolute atomic E-state index is 0.363. The second-order valence-electron chi connectivity index (χ2n) is 4.91. The molecule has 0 aliphatic rings. The fourth-order valence-corrected chi connectivity index (χ4v) is 2.13. The molecule has 0 saturated heterocycles. The molecule has 0 aliphatic carbocycles. The van der Waals surface area contributed by atoms with E-state index in [4.69, 9.17) is 5.11 Å². The van der Waals surface area contributed by atoms with Crippen LogP contribution in [0.3, 0.4) is 0 Å². The van der Waals surface area contributed by atoms with Gasteiger partial charge < -0.3 is 5.11 Å². The van der Waals surface area contributed by atoms with Crippen molar-refractivity contribution in [1.82, 2.24) is 4.90 Å². The molecular weight excluding hydrogens is 271 g/mol. The summed E-state index contributed by atoms with van der Waals surface area (Å²) in [5, 5.41) is 8.97. The predicted molar refractivity (Wildman–Crippen MR) is 69.3 cm³/mol. The Morgan fingerprint density at radius 1 is 1.25 bits per heavy atom. The first-order chi connectivity index (χ1) is 9.20. The van der Waals surface area contributed by atoms with Crippen LogP contribution in [0, 0.1) is 0 Å². The van der Waals surface area contributed by atoms with Gasteiger partial charge in [0.1, 0.15) is 0 Å². The Kier molecular flexibility index (Phi) is 5.56. The van der Waals surface area contributed by atoms with Gasteiger partial charge in [-0.1, -0.05) is 30.3 Å². The predicted octanol–water partition coefficient (Wildman–Crippen LogP) is 3.48. The number of aliphatic carboxylic acids is 1. The number of hydrogen-bond donors (Lipinski definition) is 1. The number of hydrogen-bond acceptors (Lipinski definition) is 2. The molecule has 0 radical (unpaired) electrons. The average molecular weight is 289 g/mol. The normalized spacial score (nSPS) is 13.8. The van der Waals surface area contributed by atoms with Crippen LogP contribution in [-0.4, -0.2) is 34.7 Å². The van der Waals surface area contributed by atoms with E-state index in [1.54, 1.807) is 44.2 Å². The molecule has 20 heavy (non-hydrogen) atoms. The summed E-state index contributed by atoms with van der Waals surface area (Å²) in [5.74, 6) is -1.12. The van der Waals surface area contributed by atoms with Crippen molar-refractivity contribution in [3.63, 3.8) is 0 Å². The summed E-state index contributed by atoms with van der Waals surface area (Å²) in [6, 6.07) is 7.22. The molecule has 0 fully saturated rings. The minimum atomic E-state index is -4.37. The first-order valence-electron chi connectivity index (χ1n) is 6.30. The van der Waals surface area contributed by atoms with Gasteiger partial charge in [-0.25, -0.2) is 0 Å². The van der Waals surface area contributed by atoms with Crippen molar-refractivity contribution in [1.29, 1.82) is 0 Å². The maximum Gasteiger partial charge on any atom is 0.401 e. The topological polar surface area (TPSA) is 40.5 Å². The summed E-state index contributed by atoms with van der Waals surface area (Å²) >= 11 is 0. The van der Waals surface area contributed by atoms with Gasteiger partial charge in [0.15, 0.2) is 0 Å². The monoisotopic (exact) mass is 289 g/mol. The van der Waals surface area contributed by atoms with Gasteiger partial charge in [0.25, 0.3) is 0 Å². The lowest BCUT2D eigenvalue weighted by atomic mass is 10.0. The summed E-state index contributed by atoms with van der Waals surface area (Å²) in [7, 11) is 0. The second-order valence-corrected chi connectivity index (χ2v) is 4.91. The van der Waals surface area contributed by atoms with Crippen LogP contribution >= 0.6 is 0 Å². The minimum Gasteiger partial charge on any atom is -0.481 e. The smallest absolute Gasteiger partial charge is 0.401 e. The fraction of sp³-hybridized carbons (Fsp3) is 0.500. The Morgan fingerprint density at radius 3 is 2.20 bits per heavy atom. The van der Waals surface area contributed by atoms with Gasteiger partial charge >= 0.3 is 12.1 Å². The lowest BCUT2D eigenvalue weighted by Crippen LogP contribution is -2.42. The highest BCUT2D eigenvalue weighted by Gasteiger charge is 2.36. The maximum atomic E-state index is 12.7. The van der Waals surface area contributed by atoms with Crippen LogP contribution in [0.1, 0.15) is 31.9 Å². The largest absolute Gasteiger partial charge is 0.481 e. The van der Waals surface area contributed by atoms with Crippen LogP contribution in [0.2, 0.25) is 0 Å². The van der Waals surface area contributed by atoms with Gasteiger partial charge in [-0.2, -0.15) is 13.2 Å². The number of nitrogens with zero attached hydrogens (tertiary/aromatic N) is 1. The molecule has 1 aromatic rings. The van der Waals surface area contributed by atoms with Gasteiger partial charge in [0.05, 0.1) is 13.0 Å². The van der Waals surface area contributed by atoms with Crippen LogP contribution in [0.4, 0.5) is 13.2 Å². The zero-order chi connectivity index (χ0) is 15.3. The molecule has 0 heterocycles. The van der Waals surface area contributed by atoms with Crippen molar-refractivity contribution in [2.75, 3.05) is 6.54 Å². The zero-order valence-electron chi connectivity index (χ0n) is 11.4. The van der Waals surface area contributed by atoms with Gasteiger partial charge in [-0.15, -0.1) is 0 Å². The van der Waals surface area contributed by atoms with Crippen molar-refractivity contribution in [3.05, 3.63) is 35.9 Å². The Hall–Kier alpha value is -1.56. The van der Waals surface area contributed by atoms with Crippen molar-refractivity contribution in [2.24, 2.45) is 0 Å². The third-order valence-corrected chi connectivity index (χ3v) is 2.98. The Morgan fingerprint density at radius 2 is 1.80 bits per heavy atom. The van der Waals surface area contributed by atoms with E-state index in [9.17, 15) is 18.0 Å². The van der Waals surface area contributed by atoms with E-state index in [-0.39, 0.29) is 6.42 Å². The molecular formula is C14H18F3NO2. The highest BCUT2D eigenvalue weighted by atomic mass is 19.4. The summed E-state index contributed by atoms with van der Waals surface area (Å²) in [6.45, 7) is 2.13. The molecule has 0 aliphatic heterocycles.